The highest BCUT2D eigenvalue weighted by molar-refractivity contribution is 7.12. The lowest BCUT2D eigenvalue weighted by Crippen LogP contribution is -2.15. The average Bonchev–Trinajstić information content (AvgIpc) is 2.56. The molecule has 0 saturated heterocycles. The van der Waals surface area contributed by atoms with Crippen LogP contribution in [-0.2, 0) is 0 Å². The van der Waals surface area contributed by atoms with E-state index in [9.17, 15) is 4.79 Å². The standard InChI is InChI=1S/C6H7NOS.C3H4.CH4/c1-7-6(8)5-3-2-4-9-5;1-3-2;/h2-4H,1H3,(H,7,8);1H,2H3;1H4. The number of hydrogen-bond donors (Lipinski definition) is 1. The molecule has 1 aromatic rings. The number of thiophene rings is 1. The molecule has 3 heteroatoms. The summed E-state index contributed by atoms with van der Waals surface area (Å²) in [7, 11) is 1.63. The van der Waals surface area contributed by atoms with Crippen LogP contribution in [0.4, 0.5) is 0 Å². The fraction of sp³-hybridized carbons (Fsp3) is 0.300. The van der Waals surface area contributed by atoms with Crippen molar-refractivity contribution in [2.75, 3.05) is 7.05 Å². The van der Waals surface area contributed by atoms with E-state index in [1.165, 1.54) is 11.3 Å². The minimum absolute atomic E-state index is 0. The second-order valence-electron chi connectivity index (χ2n) is 1.85. The summed E-state index contributed by atoms with van der Waals surface area (Å²) in [6.45, 7) is 1.65. The number of hydrogen-bond acceptors (Lipinski definition) is 2. The van der Waals surface area contributed by atoms with E-state index in [-0.39, 0.29) is 13.3 Å². The highest BCUT2D eigenvalue weighted by atomic mass is 32.1. The van der Waals surface area contributed by atoms with Crippen molar-refractivity contribution in [3.05, 3.63) is 22.4 Å². The summed E-state index contributed by atoms with van der Waals surface area (Å²) in [6, 6.07) is 3.65. The van der Waals surface area contributed by atoms with Gasteiger partial charge in [0.1, 0.15) is 0 Å². The Morgan fingerprint density at radius 1 is 1.69 bits per heavy atom. The molecule has 72 valence electrons. The van der Waals surface area contributed by atoms with Crippen LogP contribution in [0.1, 0.15) is 24.0 Å². The molecule has 0 aliphatic carbocycles. The van der Waals surface area contributed by atoms with E-state index >= 15 is 0 Å². The van der Waals surface area contributed by atoms with Crippen molar-refractivity contribution >= 4 is 17.2 Å². The first-order chi connectivity index (χ1) is 5.76. The number of carbonyl (C=O) groups is 1. The normalized spacial score (nSPS) is 6.85. The van der Waals surface area contributed by atoms with Crippen LogP contribution >= 0.6 is 11.3 Å². The van der Waals surface area contributed by atoms with E-state index in [1.807, 2.05) is 11.4 Å². The number of amides is 1. The second kappa shape index (κ2) is 8.82. The molecule has 1 N–H and O–H groups in total. The maximum Gasteiger partial charge on any atom is 0.261 e. The zero-order valence-electron chi connectivity index (χ0n) is 7.13. The maximum absolute atomic E-state index is 10.8. The van der Waals surface area contributed by atoms with Crippen molar-refractivity contribution < 1.29 is 4.79 Å². The Kier molecular flexibility index (Phi) is 9.68. The Hall–Kier alpha value is -1.27. The molecule has 2 nitrogen and oxygen atoms in total. The van der Waals surface area contributed by atoms with Gasteiger partial charge in [0.05, 0.1) is 4.88 Å². The van der Waals surface area contributed by atoms with Crippen molar-refractivity contribution in [2.45, 2.75) is 14.4 Å². The molecule has 0 spiro atoms. The quantitative estimate of drug-likeness (QED) is 0.688. The largest absolute Gasteiger partial charge is 0.354 e. The lowest BCUT2D eigenvalue weighted by molar-refractivity contribution is 0.0967. The first-order valence-electron chi connectivity index (χ1n) is 3.39. The SMILES string of the molecule is C.C#CC.CNC(=O)c1cccs1. The van der Waals surface area contributed by atoms with Gasteiger partial charge in [-0.1, -0.05) is 13.5 Å². The fourth-order valence-electron chi connectivity index (χ4n) is 0.531. The second-order valence-corrected chi connectivity index (χ2v) is 2.79. The van der Waals surface area contributed by atoms with Gasteiger partial charge in [0.2, 0.25) is 0 Å². The van der Waals surface area contributed by atoms with E-state index in [4.69, 9.17) is 0 Å². The molecule has 0 fully saturated rings. The summed E-state index contributed by atoms with van der Waals surface area (Å²) in [5.41, 5.74) is 0. The fourth-order valence-corrected chi connectivity index (χ4v) is 1.20. The Balaban J connectivity index is 0. The zero-order valence-corrected chi connectivity index (χ0v) is 7.94. The third-order valence-electron chi connectivity index (χ3n) is 0.972. The maximum atomic E-state index is 10.8. The van der Waals surface area contributed by atoms with E-state index in [2.05, 4.69) is 17.7 Å². The average molecular weight is 197 g/mol. The van der Waals surface area contributed by atoms with Gasteiger partial charge in [0.15, 0.2) is 0 Å². The summed E-state index contributed by atoms with van der Waals surface area (Å²) in [6.07, 6.45) is 4.60. The number of rotatable bonds is 1. The van der Waals surface area contributed by atoms with Crippen LogP contribution in [0.25, 0.3) is 0 Å². The van der Waals surface area contributed by atoms with Crippen molar-refractivity contribution in [2.24, 2.45) is 0 Å². The highest BCUT2D eigenvalue weighted by Crippen LogP contribution is 2.06. The Morgan fingerprint density at radius 2 is 2.23 bits per heavy atom. The van der Waals surface area contributed by atoms with Crippen molar-refractivity contribution in [3.63, 3.8) is 0 Å². The molecule has 0 saturated carbocycles. The first-order valence-corrected chi connectivity index (χ1v) is 4.27. The Labute approximate surface area is 84.0 Å². The van der Waals surface area contributed by atoms with Crippen LogP contribution < -0.4 is 5.32 Å². The monoisotopic (exact) mass is 197 g/mol. The molecule has 0 radical (unpaired) electrons. The molecule has 0 aliphatic heterocycles. The van der Waals surface area contributed by atoms with Gasteiger partial charge in [-0.2, -0.15) is 0 Å². The molecule has 1 heterocycles. The smallest absolute Gasteiger partial charge is 0.261 e. The van der Waals surface area contributed by atoms with Gasteiger partial charge in [-0.3, -0.25) is 4.79 Å². The summed E-state index contributed by atoms with van der Waals surface area (Å²) in [5, 5.41) is 4.42. The molecule has 1 aromatic heterocycles. The molecular formula is C10H15NOS. The Bertz CT molecular complexity index is 259. The van der Waals surface area contributed by atoms with E-state index < -0.39 is 0 Å². The molecule has 0 aromatic carbocycles. The predicted octanol–water partition coefficient (Wildman–Crippen LogP) is 2.38. The minimum atomic E-state index is -0.00926. The minimum Gasteiger partial charge on any atom is -0.354 e. The summed E-state index contributed by atoms with van der Waals surface area (Å²) >= 11 is 1.44. The number of carbonyl (C=O) groups excluding carboxylic acids is 1. The van der Waals surface area contributed by atoms with E-state index in [1.54, 1.807) is 20.0 Å². The van der Waals surface area contributed by atoms with Crippen LogP contribution in [0.15, 0.2) is 17.5 Å². The van der Waals surface area contributed by atoms with Gasteiger partial charge in [-0.25, -0.2) is 0 Å². The molecule has 0 atom stereocenters. The summed E-state index contributed by atoms with van der Waals surface area (Å²) in [4.78, 5) is 11.5. The first kappa shape index (κ1) is 14.3. The van der Waals surface area contributed by atoms with Gasteiger partial charge in [-0.15, -0.1) is 23.7 Å². The van der Waals surface area contributed by atoms with Crippen LogP contribution in [0.2, 0.25) is 0 Å². The molecule has 1 rings (SSSR count). The lowest BCUT2D eigenvalue weighted by atomic mass is 10.4. The van der Waals surface area contributed by atoms with Gasteiger partial charge < -0.3 is 5.32 Å². The van der Waals surface area contributed by atoms with Gasteiger partial charge in [0, 0.05) is 7.05 Å². The van der Waals surface area contributed by atoms with Gasteiger partial charge >= 0.3 is 0 Å². The van der Waals surface area contributed by atoms with Gasteiger partial charge in [0.25, 0.3) is 5.91 Å². The van der Waals surface area contributed by atoms with Crippen molar-refractivity contribution in [3.8, 4) is 12.3 Å². The molecule has 1 amide bonds. The third kappa shape index (κ3) is 5.94. The number of nitrogens with one attached hydrogen (secondary N) is 1. The molecule has 0 aliphatic rings. The third-order valence-corrected chi connectivity index (χ3v) is 1.84. The van der Waals surface area contributed by atoms with E-state index in [0.29, 0.717) is 0 Å². The predicted molar refractivity (Wildman–Crippen MR) is 58.9 cm³/mol. The van der Waals surface area contributed by atoms with Crippen molar-refractivity contribution in [1.29, 1.82) is 0 Å². The van der Waals surface area contributed by atoms with Crippen LogP contribution in [0, 0.1) is 12.3 Å². The van der Waals surface area contributed by atoms with E-state index in [0.717, 1.165) is 4.88 Å². The Morgan fingerprint density at radius 3 is 2.54 bits per heavy atom. The zero-order chi connectivity index (χ0) is 9.40. The number of terminal acetylenes is 1. The van der Waals surface area contributed by atoms with Gasteiger partial charge in [-0.05, 0) is 18.4 Å². The molecule has 13 heavy (non-hydrogen) atoms. The molecular weight excluding hydrogens is 182 g/mol. The van der Waals surface area contributed by atoms with Crippen molar-refractivity contribution in [1.82, 2.24) is 5.32 Å². The topological polar surface area (TPSA) is 29.1 Å². The molecule has 0 unspecified atom stereocenters. The lowest BCUT2D eigenvalue weighted by Gasteiger charge is -1.90. The highest BCUT2D eigenvalue weighted by Gasteiger charge is 2.00. The van der Waals surface area contributed by atoms with Crippen LogP contribution in [0.3, 0.4) is 0 Å². The summed E-state index contributed by atoms with van der Waals surface area (Å²) < 4.78 is 0. The molecule has 0 bridgehead atoms. The van der Waals surface area contributed by atoms with Crippen LogP contribution in [0.5, 0.6) is 0 Å². The van der Waals surface area contributed by atoms with Crippen LogP contribution in [-0.4, -0.2) is 13.0 Å². The summed E-state index contributed by atoms with van der Waals surface area (Å²) in [5.74, 6) is 2.24.